The van der Waals surface area contributed by atoms with Crippen LogP contribution < -0.4 is 5.32 Å². The summed E-state index contributed by atoms with van der Waals surface area (Å²) in [6.07, 6.45) is 0.410. The van der Waals surface area contributed by atoms with Crippen LogP contribution in [0.2, 0.25) is 0 Å². The molecule has 3 N–H and O–H groups in total. The standard InChI is InChI=1S/C5H14NO3P/c1-4-5(2,6-3)10(7,8)9/h6H,4H2,1-3H3,(H2,7,8,9). The van der Waals surface area contributed by atoms with E-state index in [-0.39, 0.29) is 0 Å². The zero-order chi connectivity index (χ0) is 8.41. The Balaban J connectivity index is 4.50. The molecule has 0 aromatic carbocycles. The van der Waals surface area contributed by atoms with Crippen molar-refractivity contribution in [2.45, 2.75) is 25.5 Å². The van der Waals surface area contributed by atoms with E-state index in [1.54, 1.807) is 14.0 Å². The third-order valence-corrected chi connectivity index (χ3v) is 3.70. The van der Waals surface area contributed by atoms with E-state index >= 15 is 0 Å². The number of hydrogen-bond acceptors (Lipinski definition) is 2. The molecule has 0 bridgehead atoms. The van der Waals surface area contributed by atoms with Crippen LogP contribution in [-0.4, -0.2) is 22.1 Å². The monoisotopic (exact) mass is 167 g/mol. The summed E-state index contributed by atoms with van der Waals surface area (Å²) in [4.78, 5) is 17.6. The van der Waals surface area contributed by atoms with Gasteiger partial charge in [-0.05, 0) is 20.4 Å². The predicted molar refractivity (Wildman–Crippen MR) is 39.8 cm³/mol. The van der Waals surface area contributed by atoms with Gasteiger partial charge in [-0.2, -0.15) is 0 Å². The van der Waals surface area contributed by atoms with E-state index in [1.165, 1.54) is 6.92 Å². The second kappa shape index (κ2) is 3.01. The van der Waals surface area contributed by atoms with Gasteiger partial charge in [-0.15, -0.1) is 0 Å². The second-order valence-corrected chi connectivity index (χ2v) is 4.50. The molecule has 0 aliphatic heterocycles. The van der Waals surface area contributed by atoms with Crippen LogP contribution in [0.5, 0.6) is 0 Å². The normalized spacial score (nSPS) is 18.5. The fraction of sp³-hybridized carbons (Fsp3) is 1.00. The summed E-state index contributed by atoms with van der Waals surface area (Å²) in [6, 6.07) is 0. The van der Waals surface area contributed by atoms with Gasteiger partial charge in [-0.25, -0.2) is 0 Å². The maximum absolute atomic E-state index is 10.7. The highest BCUT2D eigenvalue weighted by Gasteiger charge is 2.38. The number of nitrogens with one attached hydrogen (secondary N) is 1. The molecule has 0 spiro atoms. The molecule has 10 heavy (non-hydrogen) atoms. The van der Waals surface area contributed by atoms with E-state index in [9.17, 15) is 4.57 Å². The maximum Gasteiger partial charge on any atom is 0.345 e. The summed E-state index contributed by atoms with van der Waals surface area (Å²) in [5, 5.41) is 1.54. The molecule has 0 saturated heterocycles. The van der Waals surface area contributed by atoms with Crippen molar-refractivity contribution in [1.82, 2.24) is 5.32 Å². The van der Waals surface area contributed by atoms with Crippen LogP contribution in [0.4, 0.5) is 0 Å². The summed E-state index contributed by atoms with van der Waals surface area (Å²) in [5.74, 6) is 0. The van der Waals surface area contributed by atoms with Gasteiger partial charge in [-0.3, -0.25) is 4.57 Å². The molecular weight excluding hydrogens is 153 g/mol. The smallest absolute Gasteiger partial charge is 0.323 e. The lowest BCUT2D eigenvalue weighted by atomic mass is 10.2. The molecule has 5 heteroatoms. The fourth-order valence-corrected chi connectivity index (χ4v) is 1.23. The first-order valence-electron chi connectivity index (χ1n) is 3.12. The van der Waals surface area contributed by atoms with Gasteiger partial charge in [0, 0.05) is 0 Å². The maximum atomic E-state index is 10.7. The van der Waals surface area contributed by atoms with E-state index in [0.717, 1.165) is 0 Å². The molecule has 0 heterocycles. The first kappa shape index (κ1) is 10.1. The molecule has 0 rings (SSSR count). The topological polar surface area (TPSA) is 69.6 Å². The van der Waals surface area contributed by atoms with Crippen molar-refractivity contribution in [3.8, 4) is 0 Å². The van der Waals surface area contributed by atoms with E-state index in [0.29, 0.717) is 6.42 Å². The van der Waals surface area contributed by atoms with Crippen molar-refractivity contribution >= 4 is 7.60 Å². The van der Waals surface area contributed by atoms with Gasteiger partial charge in [-0.1, -0.05) is 6.92 Å². The second-order valence-electron chi connectivity index (χ2n) is 2.42. The fourth-order valence-electron chi connectivity index (χ4n) is 0.528. The summed E-state index contributed by atoms with van der Waals surface area (Å²) >= 11 is 0. The highest BCUT2D eigenvalue weighted by molar-refractivity contribution is 7.53. The summed E-state index contributed by atoms with van der Waals surface area (Å²) in [6.45, 7) is 3.24. The van der Waals surface area contributed by atoms with E-state index in [1.807, 2.05) is 0 Å². The van der Waals surface area contributed by atoms with Crippen molar-refractivity contribution in [1.29, 1.82) is 0 Å². The van der Waals surface area contributed by atoms with Crippen molar-refractivity contribution in [2.75, 3.05) is 7.05 Å². The van der Waals surface area contributed by atoms with Crippen LogP contribution in [0.1, 0.15) is 20.3 Å². The zero-order valence-electron chi connectivity index (χ0n) is 6.46. The molecular formula is C5H14NO3P. The minimum Gasteiger partial charge on any atom is -0.323 e. The molecule has 0 fully saturated rings. The minimum atomic E-state index is -4.00. The van der Waals surface area contributed by atoms with Gasteiger partial charge < -0.3 is 15.1 Å². The summed E-state index contributed by atoms with van der Waals surface area (Å²) in [5.41, 5.74) is 0. The SMILES string of the molecule is CCC(C)(NC)P(=O)(O)O. The Kier molecular flexibility index (Phi) is 3.04. The highest BCUT2D eigenvalue weighted by Crippen LogP contribution is 2.49. The van der Waals surface area contributed by atoms with Crippen LogP contribution in [0, 0.1) is 0 Å². The van der Waals surface area contributed by atoms with Crippen molar-refractivity contribution in [3.63, 3.8) is 0 Å². The Bertz CT molecular complexity index is 149. The molecule has 0 aromatic heterocycles. The molecule has 4 nitrogen and oxygen atoms in total. The van der Waals surface area contributed by atoms with E-state index in [2.05, 4.69) is 5.32 Å². The lowest BCUT2D eigenvalue weighted by Gasteiger charge is -2.28. The van der Waals surface area contributed by atoms with Gasteiger partial charge in [0.05, 0.1) is 0 Å². The van der Waals surface area contributed by atoms with Crippen LogP contribution >= 0.6 is 7.60 Å². The van der Waals surface area contributed by atoms with E-state index < -0.39 is 12.9 Å². The van der Waals surface area contributed by atoms with Crippen LogP contribution in [0.3, 0.4) is 0 Å². The largest absolute Gasteiger partial charge is 0.345 e. The summed E-state index contributed by atoms with van der Waals surface area (Å²) < 4.78 is 10.7. The quantitative estimate of drug-likeness (QED) is 0.535. The Morgan fingerprint density at radius 3 is 2.00 bits per heavy atom. The summed E-state index contributed by atoms with van der Waals surface area (Å²) in [7, 11) is -2.45. The van der Waals surface area contributed by atoms with Crippen molar-refractivity contribution in [2.24, 2.45) is 0 Å². The molecule has 1 atom stereocenters. The van der Waals surface area contributed by atoms with Crippen molar-refractivity contribution in [3.05, 3.63) is 0 Å². The van der Waals surface area contributed by atoms with Gasteiger partial charge >= 0.3 is 7.60 Å². The number of hydrogen-bond donors (Lipinski definition) is 3. The minimum absolute atomic E-state index is 0.410. The molecule has 0 aliphatic carbocycles. The Hall–Kier alpha value is 0.110. The van der Waals surface area contributed by atoms with Crippen LogP contribution in [0.15, 0.2) is 0 Å². The molecule has 1 unspecified atom stereocenters. The third kappa shape index (κ3) is 1.80. The Morgan fingerprint density at radius 2 is 2.00 bits per heavy atom. The molecule has 0 radical (unpaired) electrons. The van der Waals surface area contributed by atoms with Gasteiger partial charge in [0.25, 0.3) is 0 Å². The van der Waals surface area contributed by atoms with E-state index in [4.69, 9.17) is 9.79 Å². The first-order chi connectivity index (χ1) is 4.37. The molecule has 0 amide bonds. The Morgan fingerprint density at radius 1 is 1.60 bits per heavy atom. The average molecular weight is 167 g/mol. The zero-order valence-corrected chi connectivity index (χ0v) is 7.35. The molecule has 0 aliphatic rings. The predicted octanol–water partition coefficient (Wildman–Crippen LogP) is 0.510. The molecule has 0 saturated carbocycles. The van der Waals surface area contributed by atoms with Gasteiger partial charge in [0.15, 0.2) is 0 Å². The van der Waals surface area contributed by atoms with Gasteiger partial charge in [0.2, 0.25) is 0 Å². The van der Waals surface area contributed by atoms with Gasteiger partial charge in [0.1, 0.15) is 5.28 Å². The molecule has 62 valence electrons. The number of rotatable bonds is 3. The molecule has 0 aromatic rings. The first-order valence-corrected chi connectivity index (χ1v) is 4.73. The van der Waals surface area contributed by atoms with Crippen LogP contribution in [0.25, 0.3) is 0 Å². The average Bonchev–Trinajstić information content (AvgIpc) is 1.84. The lowest BCUT2D eigenvalue weighted by Crippen LogP contribution is -2.38. The van der Waals surface area contributed by atoms with Crippen LogP contribution in [-0.2, 0) is 4.57 Å². The third-order valence-electron chi connectivity index (χ3n) is 1.87. The highest BCUT2D eigenvalue weighted by atomic mass is 31.2. The lowest BCUT2D eigenvalue weighted by molar-refractivity contribution is 0.309. The van der Waals surface area contributed by atoms with Crippen molar-refractivity contribution < 1.29 is 14.4 Å². The Labute approximate surface area is 60.8 Å².